The van der Waals surface area contributed by atoms with Gasteiger partial charge in [-0.3, -0.25) is 10.1 Å². The third-order valence-corrected chi connectivity index (χ3v) is 4.85. The van der Waals surface area contributed by atoms with Gasteiger partial charge in [0, 0.05) is 12.1 Å². The molecular weight excluding hydrogens is 322 g/mol. The van der Waals surface area contributed by atoms with E-state index in [1.54, 1.807) is 17.1 Å². The van der Waals surface area contributed by atoms with Crippen molar-refractivity contribution in [2.24, 2.45) is 0 Å². The fourth-order valence-electron chi connectivity index (χ4n) is 2.71. The van der Waals surface area contributed by atoms with E-state index in [9.17, 15) is 10.1 Å². The van der Waals surface area contributed by atoms with Crippen LogP contribution in [0.5, 0.6) is 0 Å². The lowest BCUT2D eigenvalue weighted by atomic mass is 9.91. The number of nitro groups is 1. The highest BCUT2D eigenvalue weighted by Gasteiger charge is 2.60. The van der Waals surface area contributed by atoms with Crippen LogP contribution in [-0.2, 0) is 0 Å². The van der Waals surface area contributed by atoms with Crippen LogP contribution in [0.1, 0.15) is 20.8 Å². The third-order valence-electron chi connectivity index (χ3n) is 4.30. The van der Waals surface area contributed by atoms with Gasteiger partial charge in [0.05, 0.1) is 16.1 Å². The van der Waals surface area contributed by atoms with E-state index in [0.717, 1.165) is 0 Å². The lowest BCUT2D eigenvalue weighted by Gasteiger charge is -2.37. The van der Waals surface area contributed by atoms with E-state index in [-0.39, 0.29) is 11.2 Å². The number of nitro benzene ring substituents is 1. The SMILES string of the molecule is CC1(C)NC(=S)N2N(c3ccc([N+](=O)[O-])cc3)C(=S)NC21C. The molecule has 2 aliphatic heterocycles. The van der Waals surface area contributed by atoms with Gasteiger partial charge in [-0.25, -0.2) is 10.0 Å². The predicted molar refractivity (Wildman–Crippen MR) is 91.4 cm³/mol. The van der Waals surface area contributed by atoms with Gasteiger partial charge < -0.3 is 10.6 Å². The monoisotopic (exact) mass is 337 g/mol. The maximum Gasteiger partial charge on any atom is 0.269 e. The van der Waals surface area contributed by atoms with Gasteiger partial charge in [0.15, 0.2) is 15.9 Å². The Hall–Kier alpha value is -2.00. The molecule has 2 N–H and O–H groups in total. The Balaban J connectivity index is 2.03. The van der Waals surface area contributed by atoms with Crippen LogP contribution < -0.4 is 15.6 Å². The van der Waals surface area contributed by atoms with Crippen molar-refractivity contribution in [2.75, 3.05) is 5.01 Å². The molecule has 0 aliphatic carbocycles. The first-order valence-electron chi connectivity index (χ1n) is 6.66. The summed E-state index contributed by atoms with van der Waals surface area (Å²) in [7, 11) is 0. The Labute approximate surface area is 138 Å². The van der Waals surface area contributed by atoms with Crippen molar-refractivity contribution in [1.29, 1.82) is 0 Å². The number of fused-ring (bicyclic) bond motifs is 1. The van der Waals surface area contributed by atoms with Crippen molar-refractivity contribution in [1.82, 2.24) is 15.6 Å². The maximum atomic E-state index is 10.8. The summed E-state index contributed by atoms with van der Waals surface area (Å²) in [5.41, 5.74) is -0.0900. The zero-order valence-electron chi connectivity index (χ0n) is 12.3. The van der Waals surface area contributed by atoms with Crippen molar-refractivity contribution in [2.45, 2.75) is 32.0 Å². The number of benzene rings is 1. The highest BCUT2D eigenvalue weighted by Crippen LogP contribution is 2.40. The van der Waals surface area contributed by atoms with E-state index < -0.39 is 10.6 Å². The van der Waals surface area contributed by atoms with Gasteiger partial charge in [0.25, 0.3) is 5.69 Å². The molecule has 0 aromatic heterocycles. The standard InChI is InChI=1S/C13H15N5O2S2/c1-12(2)13(3)15-10(21)16(17(13)11(22)14-12)8-4-6-9(7-5-8)18(19)20/h4-7H,1-3H3,(H,14,22)(H,15,21). The Kier molecular flexibility index (Phi) is 3.05. The molecule has 22 heavy (non-hydrogen) atoms. The highest BCUT2D eigenvalue weighted by atomic mass is 32.1. The Morgan fingerprint density at radius 1 is 1.09 bits per heavy atom. The number of non-ortho nitro benzene ring substituents is 1. The molecule has 2 heterocycles. The van der Waals surface area contributed by atoms with Crippen LogP contribution in [0.15, 0.2) is 24.3 Å². The molecule has 2 fully saturated rings. The summed E-state index contributed by atoms with van der Waals surface area (Å²) in [6.45, 7) is 6.08. The number of nitrogens with one attached hydrogen (secondary N) is 2. The van der Waals surface area contributed by atoms with Gasteiger partial charge in [-0.1, -0.05) is 0 Å². The van der Waals surface area contributed by atoms with Gasteiger partial charge >= 0.3 is 0 Å². The van der Waals surface area contributed by atoms with Gasteiger partial charge in [0.2, 0.25) is 0 Å². The number of nitrogens with zero attached hydrogens (tertiary/aromatic N) is 3. The molecule has 116 valence electrons. The van der Waals surface area contributed by atoms with E-state index in [1.165, 1.54) is 12.1 Å². The minimum Gasteiger partial charge on any atom is -0.352 e. The van der Waals surface area contributed by atoms with E-state index >= 15 is 0 Å². The van der Waals surface area contributed by atoms with Crippen LogP contribution in [0, 0.1) is 10.1 Å². The Morgan fingerprint density at radius 3 is 2.23 bits per heavy atom. The lowest BCUT2D eigenvalue weighted by Crippen LogP contribution is -2.60. The smallest absolute Gasteiger partial charge is 0.269 e. The fraction of sp³-hybridized carbons (Fsp3) is 0.385. The number of hydrogen-bond donors (Lipinski definition) is 2. The summed E-state index contributed by atoms with van der Waals surface area (Å²) < 4.78 is 0. The molecule has 1 atom stereocenters. The summed E-state index contributed by atoms with van der Waals surface area (Å²) in [4.78, 5) is 10.4. The average Bonchev–Trinajstić information content (AvgIpc) is 2.79. The number of anilines is 1. The Bertz CT molecular complexity index is 690. The lowest BCUT2D eigenvalue weighted by molar-refractivity contribution is -0.384. The molecule has 1 unspecified atom stereocenters. The van der Waals surface area contributed by atoms with Crippen LogP contribution in [0.4, 0.5) is 11.4 Å². The zero-order chi connectivity index (χ0) is 16.3. The minimum atomic E-state index is -0.511. The van der Waals surface area contributed by atoms with Crippen LogP contribution in [0.25, 0.3) is 0 Å². The minimum absolute atomic E-state index is 0.0343. The molecule has 0 bridgehead atoms. The maximum absolute atomic E-state index is 10.8. The molecule has 0 spiro atoms. The van der Waals surface area contributed by atoms with Crippen molar-refractivity contribution in [3.8, 4) is 0 Å². The fourth-order valence-corrected chi connectivity index (χ4v) is 3.62. The summed E-state index contributed by atoms with van der Waals surface area (Å²) in [5, 5.41) is 22.1. The number of hydrogen-bond acceptors (Lipinski definition) is 4. The first-order chi connectivity index (χ1) is 10.2. The molecule has 7 nitrogen and oxygen atoms in total. The first kappa shape index (κ1) is 14.9. The van der Waals surface area contributed by atoms with Gasteiger partial charge in [-0.15, -0.1) is 0 Å². The molecule has 0 amide bonds. The highest BCUT2D eigenvalue weighted by molar-refractivity contribution is 7.81. The molecule has 9 heteroatoms. The van der Waals surface area contributed by atoms with E-state index in [4.69, 9.17) is 24.4 Å². The van der Waals surface area contributed by atoms with E-state index in [2.05, 4.69) is 10.6 Å². The predicted octanol–water partition coefficient (Wildman–Crippen LogP) is 1.89. The molecule has 1 aromatic carbocycles. The average molecular weight is 337 g/mol. The first-order valence-corrected chi connectivity index (χ1v) is 7.48. The Morgan fingerprint density at radius 2 is 1.68 bits per heavy atom. The van der Waals surface area contributed by atoms with Crippen LogP contribution in [0.2, 0.25) is 0 Å². The molecule has 0 saturated carbocycles. The third kappa shape index (κ3) is 1.85. The normalized spacial score (nSPS) is 25.8. The van der Waals surface area contributed by atoms with Gasteiger partial charge in [0.1, 0.15) is 0 Å². The summed E-state index contributed by atoms with van der Waals surface area (Å²) >= 11 is 10.9. The number of thiocarbonyl (C=S) groups is 2. The molecule has 2 aliphatic rings. The van der Waals surface area contributed by atoms with Gasteiger partial charge in [-0.05, 0) is 57.3 Å². The second kappa shape index (κ2) is 4.50. The van der Waals surface area contributed by atoms with Crippen LogP contribution in [0.3, 0.4) is 0 Å². The topological polar surface area (TPSA) is 73.7 Å². The second-order valence-electron chi connectivity index (χ2n) is 5.95. The van der Waals surface area contributed by atoms with E-state index in [1.807, 2.05) is 25.8 Å². The van der Waals surface area contributed by atoms with Gasteiger partial charge in [-0.2, -0.15) is 0 Å². The van der Waals surface area contributed by atoms with Crippen molar-refractivity contribution in [3.05, 3.63) is 34.4 Å². The van der Waals surface area contributed by atoms with Crippen LogP contribution >= 0.6 is 24.4 Å². The molecule has 0 radical (unpaired) electrons. The molecule has 3 rings (SSSR count). The quantitative estimate of drug-likeness (QED) is 0.481. The molecular formula is C13H15N5O2S2. The summed E-state index contributed by atoms with van der Waals surface area (Å²) in [6, 6.07) is 6.22. The zero-order valence-corrected chi connectivity index (χ0v) is 13.9. The second-order valence-corrected chi connectivity index (χ2v) is 6.73. The number of rotatable bonds is 2. The number of hydrazine groups is 1. The van der Waals surface area contributed by atoms with E-state index in [0.29, 0.717) is 15.9 Å². The summed E-state index contributed by atoms with van der Waals surface area (Å²) in [6.07, 6.45) is 0. The molecule has 2 saturated heterocycles. The molecule has 1 aromatic rings. The van der Waals surface area contributed by atoms with Crippen LogP contribution in [-0.4, -0.2) is 31.4 Å². The van der Waals surface area contributed by atoms with Crippen molar-refractivity contribution in [3.63, 3.8) is 0 Å². The largest absolute Gasteiger partial charge is 0.352 e. The van der Waals surface area contributed by atoms with Crippen molar-refractivity contribution >= 4 is 46.0 Å². The summed E-state index contributed by atoms with van der Waals surface area (Å²) in [5.74, 6) is 0. The van der Waals surface area contributed by atoms with Crippen molar-refractivity contribution < 1.29 is 4.92 Å².